The van der Waals surface area contributed by atoms with Crippen LogP contribution in [0.1, 0.15) is 16.1 Å². The van der Waals surface area contributed by atoms with Crippen molar-refractivity contribution in [2.45, 2.75) is 6.18 Å². The molecule has 0 saturated carbocycles. The number of carbonyl (C=O) groups is 1. The van der Waals surface area contributed by atoms with E-state index in [0.717, 1.165) is 12.3 Å². The SMILES string of the molecule is O=C(O)c1nn(-c2ccc(Cl)cc2C(F)(F)F)cc1O. The molecule has 0 aliphatic heterocycles. The van der Waals surface area contributed by atoms with E-state index in [1.165, 1.54) is 6.07 Å². The highest BCUT2D eigenvalue weighted by molar-refractivity contribution is 6.30. The number of hydrogen-bond acceptors (Lipinski definition) is 3. The first-order valence-electron chi connectivity index (χ1n) is 5.09. The van der Waals surface area contributed by atoms with Gasteiger partial charge in [0.05, 0.1) is 17.4 Å². The molecule has 0 bridgehead atoms. The Bertz CT molecular complexity index is 682. The maximum Gasteiger partial charge on any atom is 0.418 e. The molecule has 0 unspecified atom stereocenters. The van der Waals surface area contributed by atoms with Gasteiger partial charge in [-0.15, -0.1) is 0 Å². The van der Waals surface area contributed by atoms with Crippen molar-refractivity contribution in [3.05, 3.63) is 40.7 Å². The second-order valence-electron chi connectivity index (χ2n) is 3.77. The molecule has 20 heavy (non-hydrogen) atoms. The summed E-state index contributed by atoms with van der Waals surface area (Å²) in [6.45, 7) is 0. The molecule has 0 aliphatic rings. The van der Waals surface area contributed by atoms with Crippen LogP contribution in [-0.4, -0.2) is 26.0 Å². The normalized spacial score (nSPS) is 11.6. The van der Waals surface area contributed by atoms with Crippen LogP contribution in [0, 0.1) is 0 Å². The fraction of sp³-hybridized carbons (Fsp3) is 0.0909. The Morgan fingerprint density at radius 1 is 1.35 bits per heavy atom. The van der Waals surface area contributed by atoms with Crippen molar-refractivity contribution in [1.82, 2.24) is 9.78 Å². The second-order valence-corrected chi connectivity index (χ2v) is 4.21. The molecule has 1 heterocycles. The fourth-order valence-electron chi connectivity index (χ4n) is 1.58. The summed E-state index contributed by atoms with van der Waals surface area (Å²) in [6, 6.07) is 2.92. The van der Waals surface area contributed by atoms with Crippen molar-refractivity contribution in [3.8, 4) is 11.4 Å². The molecule has 0 amide bonds. The molecule has 0 fully saturated rings. The Kier molecular flexibility index (Phi) is 3.34. The van der Waals surface area contributed by atoms with Crippen molar-refractivity contribution in [3.63, 3.8) is 0 Å². The average molecular weight is 307 g/mol. The van der Waals surface area contributed by atoms with E-state index in [0.29, 0.717) is 10.7 Å². The molecule has 0 saturated heterocycles. The molecular weight excluding hydrogens is 301 g/mol. The van der Waals surface area contributed by atoms with E-state index in [9.17, 15) is 23.1 Å². The molecule has 9 heteroatoms. The van der Waals surface area contributed by atoms with Crippen molar-refractivity contribution < 1.29 is 28.2 Å². The number of hydrogen-bond donors (Lipinski definition) is 2. The Morgan fingerprint density at radius 2 is 2.00 bits per heavy atom. The van der Waals surface area contributed by atoms with E-state index in [4.69, 9.17) is 16.7 Å². The Morgan fingerprint density at radius 3 is 2.50 bits per heavy atom. The topological polar surface area (TPSA) is 75.3 Å². The maximum absolute atomic E-state index is 12.9. The highest BCUT2D eigenvalue weighted by atomic mass is 35.5. The molecule has 2 N–H and O–H groups in total. The fourth-order valence-corrected chi connectivity index (χ4v) is 1.75. The standard InChI is InChI=1S/C11H6ClF3N2O3/c12-5-1-2-7(6(3-5)11(13,14)15)17-4-8(18)9(16-17)10(19)20/h1-4,18H,(H,19,20). The Labute approximate surface area is 114 Å². The van der Waals surface area contributed by atoms with Crippen LogP contribution in [0.15, 0.2) is 24.4 Å². The van der Waals surface area contributed by atoms with Crippen LogP contribution >= 0.6 is 11.6 Å². The largest absolute Gasteiger partial charge is 0.504 e. The molecule has 0 radical (unpaired) electrons. The number of benzene rings is 1. The average Bonchev–Trinajstić information content (AvgIpc) is 2.70. The monoisotopic (exact) mass is 306 g/mol. The number of carboxylic acid groups (broad SMARTS) is 1. The Hall–Kier alpha value is -2.22. The van der Waals surface area contributed by atoms with Crippen molar-refractivity contribution >= 4 is 17.6 Å². The summed E-state index contributed by atoms with van der Waals surface area (Å²) in [4.78, 5) is 10.7. The molecule has 0 aliphatic carbocycles. The minimum absolute atomic E-state index is 0.129. The van der Waals surface area contributed by atoms with Gasteiger partial charge in [0, 0.05) is 5.02 Å². The number of aromatic nitrogens is 2. The summed E-state index contributed by atoms with van der Waals surface area (Å²) in [5, 5.41) is 21.3. The van der Waals surface area contributed by atoms with Crippen LogP contribution in [0.5, 0.6) is 5.75 Å². The minimum atomic E-state index is -4.70. The van der Waals surface area contributed by atoms with E-state index in [1.54, 1.807) is 0 Å². The van der Waals surface area contributed by atoms with Crippen molar-refractivity contribution in [1.29, 1.82) is 0 Å². The molecule has 106 valence electrons. The summed E-state index contributed by atoms with van der Waals surface area (Å²) in [5.74, 6) is -2.29. The number of carboxylic acids is 1. The predicted octanol–water partition coefficient (Wildman–Crippen LogP) is 2.95. The lowest BCUT2D eigenvalue weighted by Crippen LogP contribution is -2.11. The molecule has 1 aromatic carbocycles. The third-order valence-corrected chi connectivity index (χ3v) is 2.64. The number of alkyl halides is 3. The van der Waals surface area contributed by atoms with Crippen LogP contribution in [0.4, 0.5) is 13.2 Å². The van der Waals surface area contributed by atoms with E-state index < -0.39 is 34.8 Å². The highest BCUT2D eigenvalue weighted by Crippen LogP contribution is 2.36. The van der Waals surface area contributed by atoms with E-state index in [1.807, 2.05) is 0 Å². The third-order valence-electron chi connectivity index (χ3n) is 2.41. The first-order chi connectivity index (χ1) is 9.20. The van der Waals surface area contributed by atoms with Crippen LogP contribution < -0.4 is 0 Å². The van der Waals surface area contributed by atoms with Crippen LogP contribution in [0.25, 0.3) is 5.69 Å². The molecular formula is C11H6ClF3N2O3. The van der Waals surface area contributed by atoms with Gasteiger partial charge in [0.1, 0.15) is 0 Å². The van der Waals surface area contributed by atoms with Gasteiger partial charge in [0.15, 0.2) is 5.75 Å². The van der Waals surface area contributed by atoms with Gasteiger partial charge in [-0.05, 0) is 18.2 Å². The lowest BCUT2D eigenvalue weighted by atomic mass is 10.1. The second kappa shape index (κ2) is 4.71. The quantitative estimate of drug-likeness (QED) is 0.894. The van der Waals surface area contributed by atoms with Crippen LogP contribution in [0.2, 0.25) is 5.02 Å². The Balaban J connectivity index is 2.64. The van der Waals surface area contributed by atoms with Crippen molar-refractivity contribution in [2.24, 2.45) is 0 Å². The zero-order valence-corrected chi connectivity index (χ0v) is 10.3. The highest BCUT2D eigenvalue weighted by Gasteiger charge is 2.35. The summed E-state index contributed by atoms with van der Waals surface area (Å²) in [7, 11) is 0. The molecule has 2 rings (SSSR count). The van der Waals surface area contributed by atoms with Crippen molar-refractivity contribution in [2.75, 3.05) is 0 Å². The molecule has 1 aromatic heterocycles. The smallest absolute Gasteiger partial charge is 0.418 e. The van der Waals surface area contributed by atoms with Gasteiger partial charge < -0.3 is 10.2 Å². The van der Waals surface area contributed by atoms with Gasteiger partial charge in [-0.1, -0.05) is 11.6 Å². The third kappa shape index (κ3) is 2.55. The molecule has 5 nitrogen and oxygen atoms in total. The van der Waals surface area contributed by atoms with Gasteiger partial charge in [0.25, 0.3) is 0 Å². The number of aromatic carboxylic acids is 1. The zero-order valence-electron chi connectivity index (χ0n) is 9.52. The summed E-state index contributed by atoms with van der Waals surface area (Å²) in [6.07, 6.45) is -3.92. The van der Waals surface area contributed by atoms with Gasteiger partial charge in [-0.3, -0.25) is 0 Å². The maximum atomic E-state index is 12.9. The lowest BCUT2D eigenvalue weighted by molar-refractivity contribution is -0.137. The molecule has 2 aromatic rings. The van der Waals surface area contributed by atoms with Gasteiger partial charge in [-0.2, -0.15) is 18.3 Å². The van der Waals surface area contributed by atoms with Gasteiger partial charge in [0.2, 0.25) is 5.69 Å². The molecule has 0 atom stereocenters. The van der Waals surface area contributed by atoms with E-state index in [-0.39, 0.29) is 5.02 Å². The van der Waals surface area contributed by atoms with E-state index in [2.05, 4.69) is 5.10 Å². The number of aromatic hydroxyl groups is 1. The van der Waals surface area contributed by atoms with Gasteiger partial charge in [-0.25, -0.2) is 9.48 Å². The summed E-state index contributed by atoms with van der Waals surface area (Å²) < 4.78 is 39.3. The predicted molar refractivity (Wildman–Crippen MR) is 62.2 cm³/mol. The first kappa shape index (κ1) is 14.2. The summed E-state index contributed by atoms with van der Waals surface area (Å²) >= 11 is 5.52. The number of halogens is 4. The zero-order chi connectivity index (χ0) is 15.1. The van der Waals surface area contributed by atoms with Crippen LogP contribution in [0.3, 0.4) is 0 Å². The number of nitrogens with zero attached hydrogens (tertiary/aromatic N) is 2. The first-order valence-corrected chi connectivity index (χ1v) is 5.47. The number of rotatable bonds is 2. The van der Waals surface area contributed by atoms with Gasteiger partial charge >= 0.3 is 12.1 Å². The minimum Gasteiger partial charge on any atom is -0.504 e. The lowest BCUT2D eigenvalue weighted by Gasteiger charge is -2.12. The van der Waals surface area contributed by atoms with E-state index >= 15 is 0 Å². The molecule has 0 spiro atoms. The summed E-state index contributed by atoms with van der Waals surface area (Å²) in [5.41, 5.74) is -2.28. The van der Waals surface area contributed by atoms with Crippen LogP contribution in [-0.2, 0) is 6.18 Å².